The van der Waals surface area contributed by atoms with Crippen molar-refractivity contribution < 1.29 is 28.6 Å². The molecule has 0 aromatic rings. The van der Waals surface area contributed by atoms with Gasteiger partial charge in [0.2, 0.25) is 0 Å². The molecule has 0 radical (unpaired) electrons. The Labute approximate surface area is 366 Å². The lowest BCUT2D eigenvalue weighted by Gasteiger charge is -2.18. The Balaban J connectivity index is 4.59. The molecule has 0 aliphatic heterocycles. The molecule has 6 nitrogen and oxygen atoms in total. The van der Waals surface area contributed by atoms with Crippen molar-refractivity contribution in [2.24, 2.45) is 0 Å². The molecule has 0 saturated heterocycles. The Morgan fingerprint density at radius 3 is 1.32 bits per heavy atom. The maximum atomic E-state index is 12.7. The molecule has 0 aliphatic rings. The molecule has 0 saturated carbocycles. The second-order valence-electron chi connectivity index (χ2n) is 14.7. The molecule has 1 atom stereocenters. The molecule has 0 aliphatic carbocycles. The van der Waals surface area contributed by atoms with E-state index in [0.717, 1.165) is 70.6 Å². The van der Waals surface area contributed by atoms with Crippen molar-refractivity contribution in [3.8, 4) is 0 Å². The first-order valence-electron chi connectivity index (χ1n) is 23.3. The number of rotatable bonds is 39. The quantitative estimate of drug-likeness (QED) is 0.0202. The largest absolute Gasteiger partial charge is 0.462 e. The molecule has 0 bridgehead atoms. The standard InChI is InChI=1S/C54H82O6/c1-4-7-10-13-16-19-21-23-25-27-29-30-32-35-38-41-44-47-53(56)59-50-51(49-58-52(55)46-43-40-37-34-18-15-12-9-6-3)60-54(57)48-45-42-39-36-33-31-28-26-24-22-20-17-14-11-8-5-2/h7,9-10,12-13,16,18-19,21,23,25-34,40,43,51H,4-6,8,11,14-15,17,20,22,24,35-39,41-42,44-50H2,1-3H3/b10-7-,12-9-,16-13-,21-19-,25-23-,28-26-,29-27+,32-30-,33-31-,34-18-,43-40-. The van der Waals surface area contributed by atoms with Crippen molar-refractivity contribution in [3.05, 3.63) is 134 Å². The van der Waals surface area contributed by atoms with Gasteiger partial charge in [-0.25, -0.2) is 0 Å². The summed E-state index contributed by atoms with van der Waals surface area (Å²) in [4.78, 5) is 37.7. The predicted octanol–water partition coefficient (Wildman–Crippen LogP) is 15.1. The van der Waals surface area contributed by atoms with Crippen molar-refractivity contribution in [1.29, 1.82) is 0 Å². The van der Waals surface area contributed by atoms with Crippen LogP contribution in [0.25, 0.3) is 0 Å². The van der Waals surface area contributed by atoms with Gasteiger partial charge in [0.1, 0.15) is 13.2 Å². The SMILES string of the molecule is CC\C=C/C=C\C=C/C=C\C=C\C=C/CCCCCC(=O)OCC(COC(=O)C/C=C\C/C=C\C/C=C\CC)OC(=O)CCCCC/C=C\C=C/CCCCCCCCC. The van der Waals surface area contributed by atoms with Crippen LogP contribution in [0, 0.1) is 0 Å². The number of esters is 3. The minimum Gasteiger partial charge on any atom is -0.462 e. The second kappa shape index (κ2) is 47.2. The minimum atomic E-state index is -0.849. The van der Waals surface area contributed by atoms with Crippen LogP contribution in [0.15, 0.2) is 134 Å². The highest BCUT2D eigenvalue weighted by atomic mass is 16.6. The van der Waals surface area contributed by atoms with Crippen molar-refractivity contribution >= 4 is 17.9 Å². The van der Waals surface area contributed by atoms with Gasteiger partial charge in [0.05, 0.1) is 6.42 Å². The summed E-state index contributed by atoms with van der Waals surface area (Å²) in [5, 5.41) is 0. The summed E-state index contributed by atoms with van der Waals surface area (Å²) in [6.07, 6.45) is 66.1. The van der Waals surface area contributed by atoms with Crippen molar-refractivity contribution in [3.63, 3.8) is 0 Å². The monoisotopic (exact) mass is 827 g/mol. The molecule has 0 N–H and O–H groups in total. The Kier molecular flexibility index (Phi) is 43.7. The number of carbonyl (C=O) groups is 3. The van der Waals surface area contributed by atoms with Crippen LogP contribution in [0.3, 0.4) is 0 Å². The minimum absolute atomic E-state index is 0.114. The van der Waals surface area contributed by atoms with E-state index in [0.29, 0.717) is 12.8 Å². The Morgan fingerprint density at radius 1 is 0.383 bits per heavy atom. The fraction of sp³-hybridized carbons (Fsp3) is 0.537. The van der Waals surface area contributed by atoms with E-state index < -0.39 is 12.1 Å². The van der Waals surface area contributed by atoms with E-state index in [1.54, 1.807) is 6.08 Å². The molecule has 0 spiro atoms. The van der Waals surface area contributed by atoms with Gasteiger partial charge in [-0.2, -0.15) is 0 Å². The van der Waals surface area contributed by atoms with Gasteiger partial charge in [0, 0.05) is 12.8 Å². The zero-order chi connectivity index (χ0) is 43.7. The molecular weight excluding hydrogens is 745 g/mol. The van der Waals surface area contributed by atoms with Crippen LogP contribution in [0.5, 0.6) is 0 Å². The first kappa shape index (κ1) is 55.5. The molecule has 334 valence electrons. The van der Waals surface area contributed by atoms with Crippen LogP contribution in [0.1, 0.15) is 168 Å². The van der Waals surface area contributed by atoms with E-state index in [1.165, 1.54) is 44.9 Å². The third-order valence-corrected chi connectivity index (χ3v) is 9.09. The fourth-order valence-electron chi connectivity index (χ4n) is 5.64. The number of unbranched alkanes of at least 4 members (excludes halogenated alkanes) is 13. The van der Waals surface area contributed by atoms with Gasteiger partial charge < -0.3 is 14.2 Å². The summed E-state index contributed by atoms with van der Waals surface area (Å²) in [5.74, 6) is -1.15. The van der Waals surface area contributed by atoms with Crippen molar-refractivity contribution in [1.82, 2.24) is 0 Å². The zero-order valence-electron chi connectivity index (χ0n) is 37.9. The highest BCUT2D eigenvalue weighted by Crippen LogP contribution is 2.11. The summed E-state index contributed by atoms with van der Waals surface area (Å²) in [7, 11) is 0. The summed E-state index contributed by atoms with van der Waals surface area (Å²) >= 11 is 0. The summed E-state index contributed by atoms with van der Waals surface area (Å²) in [6, 6.07) is 0. The zero-order valence-corrected chi connectivity index (χ0v) is 37.9. The molecule has 0 aromatic carbocycles. The highest BCUT2D eigenvalue weighted by molar-refractivity contribution is 5.72. The summed E-state index contributed by atoms with van der Waals surface area (Å²) < 4.78 is 16.5. The molecule has 0 heterocycles. The predicted molar refractivity (Wildman–Crippen MR) is 256 cm³/mol. The van der Waals surface area contributed by atoms with Crippen LogP contribution in [-0.4, -0.2) is 37.2 Å². The Bertz CT molecular complexity index is 1370. The van der Waals surface area contributed by atoms with Gasteiger partial charge in [-0.15, -0.1) is 0 Å². The Morgan fingerprint density at radius 2 is 0.783 bits per heavy atom. The van der Waals surface area contributed by atoms with Gasteiger partial charge in [0.25, 0.3) is 0 Å². The van der Waals surface area contributed by atoms with Crippen molar-refractivity contribution in [2.45, 2.75) is 175 Å². The molecule has 6 heteroatoms. The second-order valence-corrected chi connectivity index (χ2v) is 14.7. The molecule has 0 fully saturated rings. The van der Waals surface area contributed by atoms with Gasteiger partial charge in [-0.05, 0) is 77.0 Å². The third-order valence-electron chi connectivity index (χ3n) is 9.09. The number of ether oxygens (including phenoxy) is 3. The lowest BCUT2D eigenvalue weighted by atomic mass is 10.1. The highest BCUT2D eigenvalue weighted by Gasteiger charge is 2.19. The number of hydrogen-bond donors (Lipinski definition) is 0. The maximum absolute atomic E-state index is 12.7. The number of carbonyl (C=O) groups excluding carboxylic acids is 3. The number of allylic oxidation sites excluding steroid dienone is 21. The van der Waals surface area contributed by atoms with E-state index in [1.807, 2.05) is 66.8 Å². The average molecular weight is 827 g/mol. The maximum Gasteiger partial charge on any atom is 0.309 e. The Hall–Kier alpha value is -4.45. The van der Waals surface area contributed by atoms with Crippen LogP contribution in [-0.2, 0) is 28.6 Å². The fourth-order valence-corrected chi connectivity index (χ4v) is 5.64. The van der Waals surface area contributed by atoms with E-state index in [-0.39, 0.29) is 44.4 Å². The molecular formula is C54H82O6. The van der Waals surface area contributed by atoms with E-state index in [4.69, 9.17) is 14.2 Å². The summed E-state index contributed by atoms with van der Waals surface area (Å²) in [6.45, 7) is 6.17. The molecule has 1 unspecified atom stereocenters. The normalized spacial score (nSPS) is 13.3. The number of hydrogen-bond acceptors (Lipinski definition) is 6. The first-order valence-corrected chi connectivity index (χ1v) is 23.3. The lowest BCUT2D eigenvalue weighted by molar-refractivity contribution is -0.166. The van der Waals surface area contributed by atoms with E-state index >= 15 is 0 Å². The van der Waals surface area contributed by atoms with Crippen LogP contribution in [0.4, 0.5) is 0 Å². The summed E-state index contributed by atoms with van der Waals surface area (Å²) in [5.41, 5.74) is 0. The van der Waals surface area contributed by atoms with Crippen molar-refractivity contribution in [2.75, 3.05) is 13.2 Å². The topological polar surface area (TPSA) is 78.9 Å². The van der Waals surface area contributed by atoms with Crippen LogP contribution in [0.2, 0.25) is 0 Å². The van der Waals surface area contributed by atoms with Crippen LogP contribution >= 0.6 is 0 Å². The lowest BCUT2D eigenvalue weighted by Crippen LogP contribution is -2.30. The van der Waals surface area contributed by atoms with Gasteiger partial charge >= 0.3 is 17.9 Å². The molecule has 0 rings (SSSR count). The first-order chi connectivity index (χ1) is 29.5. The third kappa shape index (κ3) is 44.6. The van der Waals surface area contributed by atoms with Gasteiger partial charge in [0.15, 0.2) is 6.10 Å². The molecule has 60 heavy (non-hydrogen) atoms. The molecule has 0 amide bonds. The van der Waals surface area contributed by atoms with Crippen LogP contribution < -0.4 is 0 Å². The van der Waals surface area contributed by atoms with E-state index in [2.05, 4.69) is 81.5 Å². The van der Waals surface area contributed by atoms with Gasteiger partial charge in [-0.1, -0.05) is 206 Å². The molecule has 0 aromatic heterocycles. The smallest absolute Gasteiger partial charge is 0.309 e. The van der Waals surface area contributed by atoms with E-state index in [9.17, 15) is 14.4 Å². The van der Waals surface area contributed by atoms with Gasteiger partial charge in [-0.3, -0.25) is 14.4 Å². The average Bonchev–Trinajstić information content (AvgIpc) is 3.24.